The van der Waals surface area contributed by atoms with Gasteiger partial charge in [-0.3, -0.25) is 0 Å². The number of carboxylic acid groups (broad SMARTS) is 1. The number of hydrogen-bond donors (Lipinski definition) is 1. The molecule has 0 radical (unpaired) electrons. The highest BCUT2D eigenvalue weighted by molar-refractivity contribution is 6.03. The van der Waals surface area contributed by atoms with Gasteiger partial charge in [0.15, 0.2) is 0 Å². The number of carbonyl (C=O) groups excluding carboxylic acids is 1. The summed E-state index contributed by atoms with van der Waals surface area (Å²) in [6, 6.07) is 5.15. The molecule has 0 unspecified atom stereocenters. The van der Waals surface area contributed by atoms with Gasteiger partial charge < -0.3 is 9.84 Å². The number of aryl methyl sites for hydroxylation is 1. The summed E-state index contributed by atoms with van der Waals surface area (Å²) in [4.78, 5) is 24.2. The Bertz CT molecular complexity index is 662. The maximum atomic E-state index is 12.4. The minimum absolute atomic E-state index is 0.115. The lowest BCUT2D eigenvalue weighted by molar-refractivity contribution is 0.0487. The van der Waals surface area contributed by atoms with Gasteiger partial charge >= 0.3 is 11.9 Å². The van der Waals surface area contributed by atoms with Crippen molar-refractivity contribution in [3.8, 4) is 0 Å². The van der Waals surface area contributed by atoms with Gasteiger partial charge in [0.2, 0.25) is 0 Å². The lowest BCUT2D eigenvalue weighted by Crippen LogP contribution is -2.15. The van der Waals surface area contributed by atoms with Crippen LogP contribution in [0.3, 0.4) is 0 Å². The first-order chi connectivity index (χ1) is 17.5. The highest BCUT2D eigenvalue weighted by Crippen LogP contribution is 2.20. The summed E-state index contributed by atoms with van der Waals surface area (Å²) in [5.41, 5.74) is 1.03. The van der Waals surface area contributed by atoms with Gasteiger partial charge in [-0.1, -0.05) is 143 Å². The zero-order chi connectivity index (χ0) is 26.9. The van der Waals surface area contributed by atoms with Crippen LogP contribution in [0.5, 0.6) is 0 Å². The number of unbranched alkanes of at least 4 members (excludes halogenated alkanes) is 15. The lowest BCUT2D eigenvalue weighted by atomic mass is 9.96. The highest BCUT2D eigenvalue weighted by atomic mass is 16.5. The fourth-order valence-electron chi connectivity index (χ4n) is 4.31. The van der Waals surface area contributed by atoms with E-state index < -0.39 is 11.9 Å². The number of ether oxygens (including phenoxy) is 1. The van der Waals surface area contributed by atoms with Crippen LogP contribution in [0.15, 0.2) is 18.2 Å². The van der Waals surface area contributed by atoms with Crippen molar-refractivity contribution in [3.63, 3.8) is 0 Å². The van der Waals surface area contributed by atoms with Crippen LogP contribution >= 0.6 is 0 Å². The Morgan fingerprint density at radius 2 is 1.08 bits per heavy atom. The largest absolute Gasteiger partial charge is 0.478 e. The van der Waals surface area contributed by atoms with Crippen molar-refractivity contribution in [2.24, 2.45) is 0 Å². The topological polar surface area (TPSA) is 63.6 Å². The average Bonchev–Trinajstić information content (AvgIpc) is 2.88. The molecule has 208 valence electrons. The summed E-state index contributed by atoms with van der Waals surface area (Å²) in [6.45, 7) is 9.24. The van der Waals surface area contributed by atoms with Crippen molar-refractivity contribution < 1.29 is 19.4 Å². The second kappa shape index (κ2) is 24.8. The zero-order valence-electron chi connectivity index (χ0n) is 24.0. The first-order valence-corrected chi connectivity index (χ1v) is 15.1. The summed E-state index contributed by atoms with van der Waals surface area (Å²) in [5.74, 6) is -1.57. The third-order valence-corrected chi connectivity index (χ3v) is 6.57. The van der Waals surface area contributed by atoms with Crippen molar-refractivity contribution in [2.75, 3.05) is 6.61 Å². The second-order valence-corrected chi connectivity index (χ2v) is 9.98. The Labute approximate surface area is 222 Å². The first-order valence-electron chi connectivity index (χ1n) is 15.1. The van der Waals surface area contributed by atoms with Crippen LogP contribution in [0.2, 0.25) is 0 Å². The number of esters is 1. The predicted molar refractivity (Wildman–Crippen MR) is 153 cm³/mol. The summed E-state index contributed by atoms with van der Waals surface area (Å²) in [5, 5.41) is 9.65. The van der Waals surface area contributed by atoms with Crippen LogP contribution in [0.4, 0.5) is 0 Å². The van der Waals surface area contributed by atoms with Gasteiger partial charge in [0.1, 0.15) is 0 Å². The second-order valence-electron chi connectivity index (χ2n) is 9.98. The van der Waals surface area contributed by atoms with Crippen LogP contribution in [-0.4, -0.2) is 23.7 Å². The number of aromatic carboxylic acids is 1. The Balaban J connectivity index is 0.00000131. The molecule has 1 rings (SSSR count). The Hall–Kier alpha value is -1.84. The Kier molecular flexibility index (Phi) is 23.6. The van der Waals surface area contributed by atoms with E-state index in [9.17, 15) is 14.7 Å². The van der Waals surface area contributed by atoms with E-state index in [1.807, 2.05) is 6.07 Å². The van der Waals surface area contributed by atoms with Gasteiger partial charge in [-0.2, -0.15) is 0 Å². The fourth-order valence-corrected chi connectivity index (χ4v) is 4.31. The molecule has 0 saturated carbocycles. The van der Waals surface area contributed by atoms with Crippen LogP contribution in [0.25, 0.3) is 0 Å². The molecule has 4 heteroatoms. The molecule has 1 aromatic carbocycles. The molecule has 1 aromatic rings. The van der Waals surface area contributed by atoms with Crippen LogP contribution in [0, 0.1) is 0 Å². The zero-order valence-corrected chi connectivity index (χ0v) is 24.0. The van der Waals surface area contributed by atoms with Gasteiger partial charge in [-0.05, 0) is 30.9 Å². The Morgan fingerprint density at radius 3 is 1.56 bits per heavy atom. The number of carboxylic acids is 1. The minimum Gasteiger partial charge on any atom is -0.478 e. The average molecular weight is 505 g/mol. The molecular weight excluding hydrogens is 448 g/mol. The van der Waals surface area contributed by atoms with Crippen LogP contribution in [0.1, 0.15) is 170 Å². The van der Waals surface area contributed by atoms with Crippen LogP contribution in [-0.2, 0) is 11.2 Å². The first kappa shape index (κ1) is 34.2. The molecular formula is C32H56O4. The van der Waals surface area contributed by atoms with Crippen molar-refractivity contribution in [3.05, 3.63) is 34.9 Å². The smallest absolute Gasteiger partial charge is 0.339 e. The number of benzene rings is 1. The van der Waals surface area contributed by atoms with E-state index in [-0.39, 0.29) is 11.1 Å². The predicted octanol–water partition coefficient (Wildman–Crippen LogP) is 10.2. The summed E-state index contributed by atoms with van der Waals surface area (Å²) >= 11 is 0. The molecule has 0 aliphatic carbocycles. The molecule has 0 amide bonds. The standard InChI is InChI=1S/C24H38O4.C8H18/c1-3-5-7-9-11-13-16-20-17-15-18-21(22(20)23(25)26)24(27)28-19-14-12-10-8-6-4-2;1-3-5-7-8-6-4-2/h15,17-18H,3-14,16,19H2,1-2H3,(H,25,26);3-8H2,1-2H3. The highest BCUT2D eigenvalue weighted by Gasteiger charge is 2.21. The van der Waals surface area contributed by atoms with E-state index >= 15 is 0 Å². The molecule has 36 heavy (non-hydrogen) atoms. The van der Waals surface area contributed by atoms with E-state index in [2.05, 4.69) is 27.7 Å². The van der Waals surface area contributed by atoms with Crippen LogP contribution < -0.4 is 0 Å². The van der Waals surface area contributed by atoms with E-state index in [1.165, 1.54) is 83.5 Å². The summed E-state index contributed by atoms with van der Waals surface area (Å²) < 4.78 is 5.35. The van der Waals surface area contributed by atoms with Crippen molar-refractivity contribution >= 4 is 11.9 Å². The number of hydrogen-bond acceptors (Lipinski definition) is 3. The maximum absolute atomic E-state index is 12.4. The molecule has 0 aromatic heterocycles. The normalized spacial score (nSPS) is 10.6. The number of rotatable bonds is 21. The van der Waals surface area contributed by atoms with Gasteiger partial charge in [-0.25, -0.2) is 9.59 Å². The summed E-state index contributed by atoms with van der Waals surface area (Å²) in [7, 11) is 0. The Morgan fingerprint density at radius 1 is 0.639 bits per heavy atom. The maximum Gasteiger partial charge on any atom is 0.339 e. The van der Waals surface area contributed by atoms with Gasteiger partial charge in [0.05, 0.1) is 17.7 Å². The van der Waals surface area contributed by atoms with E-state index in [4.69, 9.17) is 4.74 Å². The van der Waals surface area contributed by atoms with Crippen molar-refractivity contribution in [2.45, 2.75) is 150 Å². The lowest BCUT2D eigenvalue weighted by Gasteiger charge is -2.12. The molecule has 4 nitrogen and oxygen atoms in total. The third-order valence-electron chi connectivity index (χ3n) is 6.57. The molecule has 0 saturated heterocycles. The molecule has 0 atom stereocenters. The molecule has 0 fully saturated rings. The molecule has 0 aliphatic rings. The van der Waals surface area contributed by atoms with Crippen molar-refractivity contribution in [1.29, 1.82) is 0 Å². The van der Waals surface area contributed by atoms with E-state index in [0.29, 0.717) is 13.0 Å². The molecule has 0 heterocycles. The monoisotopic (exact) mass is 504 g/mol. The fraction of sp³-hybridized carbons (Fsp3) is 0.750. The molecule has 0 bridgehead atoms. The SMILES string of the molecule is CCCCCCCC.CCCCCCCCOC(=O)c1cccc(CCCCCCCC)c1C(=O)O. The number of carbonyl (C=O) groups is 2. The van der Waals surface area contributed by atoms with Gasteiger partial charge in [0.25, 0.3) is 0 Å². The summed E-state index contributed by atoms with van der Waals surface area (Å²) in [6.07, 6.45) is 22.8. The van der Waals surface area contributed by atoms with Gasteiger partial charge in [0, 0.05) is 0 Å². The molecule has 0 aliphatic heterocycles. The third kappa shape index (κ3) is 17.6. The molecule has 1 N–H and O–H groups in total. The quantitative estimate of drug-likeness (QED) is 0.134. The van der Waals surface area contributed by atoms with E-state index in [0.717, 1.165) is 37.7 Å². The van der Waals surface area contributed by atoms with Crippen molar-refractivity contribution in [1.82, 2.24) is 0 Å². The molecule has 0 spiro atoms. The minimum atomic E-state index is -1.05. The van der Waals surface area contributed by atoms with Gasteiger partial charge in [-0.15, -0.1) is 0 Å². The van der Waals surface area contributed by atoms with E-state index in [1.54, 1.807) is 12.1 Å².